The van der Waals surface area contributed by atoms with Crippen LogP contribution in [0, 0.1) is 0 Å². The standard InChI is InChI=1S/C16H27N3O/c1-18(11-14-4-3-9-19(14)2)12-16-8-7-15(20-16)10-17-13-5-6-13/h7-8,13-14,17H,3-6,9-12H2,1-2H3. The molecule has 1 aromatic rings. The molecule has 1 saturated carbocycles. The first-order chi connectivity index (χ1) is 9.70. The normalized spacial score (nSPS) is 23.9. The summed E-state index contributed by atoms with van der Waals surface area (Å²) in [6, 6.07) is 5.69. The zero-order chi connectivity index (χ0) is 13.9. The minimum absolute atomic E-state index is 0.714. The number of furan rings is 1. The molecule has 0 radical (unpaired) electrons. The van der Waals surface area contributed by atoms with Gasteiger partial charge in [0.2, 0.25) is 0 Å². The third-order valence-electron chi connectivity index (χ3n) is 4.48. The number of nitrogens with zero attached hydrogens (tertiary/aromatic N) is 2. The summed E-state index contributed by atoms with van der Waals surface area (Å²) in [5, 5.41) is 3.49. The van der Waals surface area contributed by atoms with E-state index >= 15 is 0 Å². The predicted molar refractivity (Wildman–Crippen MR) is 80.6 cm³/mol. The van der Waals surface area contributed by atoms with Gasteiger partial charge in [0, 0.05) is 18.6 Å². The lowest BCUT2D eigenvalue weighted by Gasteiger charge is -2.25. The van der Waals surface area contributed by atoms with Crippen molar-refractivity contribution in [3.8, 4) is 0 Å². The summed E-state index contributed by atoms with van der Waals surface area (Å²) in [5.74, 6) is 2.15. The number of hydrogen-bond donors (Lipinski definition) is 1. The van der Waals surface area contributed by atoms with Gasteiger partial charge in [0.1, 0.15) is 11.5 Å². The number of likely N-dealkylation sites (tertiary alicyclic amines) is 1. The molecule has 1 saturated heterocycles. The minimum atomic E-state index is 0.714. The van der Waals surface area contributed by atoms with Crippen LogP contribution in [0.5, 0.6) is 0 Å². The highest BCUT2D eigenvalue weighted by molar-refractivity contribution is 5.07. The lowest BCUT2D eigenvalue weighted by atomic mass is 10.2. The van der Waals surface area contributed by atoms with E-state index in [1.165, 1.54) is 32.2 Å². The molecule has 2 aliphatic rings. The van der Waals surface area contributed by atoms with Gasteiger partial charge in [0.25, 0.3) is 0 Å². The second-order valence-electron chi connectivity index (χ2n) is 6.50. The lowest BCUT2D eigenvalue weighted by molar-refractivity contribution is 0.205. The molecule has 3 rings (SSSR count). The fraction of sp³-hybridized carbons (Fsp3) is 0.750. The molecule has 0 bridgehead atoms. The van der Waals surface area contributed by atoms with E-state index in [0.717, 1.165) is 37.2 Å². The summed E-state index contributed by atoms with van der Waals surface area (Å²) < 4.78 is 5.91. The highest BCUT2D eigenvalue weighted by Gasteiger charge is 2.23. The van der Waals surface area contributed by atoms with Gasteiger partial charge in [0.15, 0.2) is 0 Å². The van der Waals surface area contributed by atoms with E-state index in [1.54, 1.807) is 0 Å². The van der Waals surface area contributed by atoms with Gasteiger partial charge in [-0.2, -0.15) is 0 Å². The summed E-state index contributed by atoms with van der Waals surface area (Å²) in [5.41, 5.74) is 0. The van der Waals surface area contributed by atoms with E-state index in [9.17, 15) is 0 Å². The van der Waals surface area contributed by atoms with E-state index < -0.39 is 0 Å². The van der Waals surface area contributed by atoms with Crippen LogP contribution in [0.3, 0.4) is 0 Å². The molecule has 20 heavy (non-hydrogen) atoms. The summed E-state index contributed by atoms with van der Waals surface area (Å²) >= 11 is 0. The number of hydrogen-bond acceptors (Lipinski definition) is 4. The molecule has 4 nitrogen and oxygen atoms in total. The van der Waals surface area contributed by atoms with Gasteiger partial charge >= 0.3 is 0 Å². The minimum Gasteiger partial charge on any atom is -0.463 e. The molecule has 0 spiro atoms. The van der Waals surface area contributed by atoms with Gasteiger partial charge in [-0.25, -0.2) is 0 Å². The second kappa shape index (κ2) is 6.29. The summed E-state index contributed by atoms with van der Waals surface area (Å²) in [7, 11) is 4.43. The van der Waals surface area contributed by atoms with E-state index in [1.807, 2.05) is 0 Å². The van der Waals surface area contributed by atoms with Crippen molar-refractivity contribution in [1.29, 1.82) is 0 Å². The quantitative estimate of drug-likeness (QED) is 0.827. The Hall–Kier alpha value is -0.840. The topological polar surface area (TPSA) is 31.6 Å². The Kier molecular flexibility index (Phi) is 4.44. The van der Waals surface area contributed by atoms with Crippen molar-refractivity contribution in [3.05, 3.63) is 23.7 Å². The molecular weight excluding hydrogens is 250 g/mol. The summed E-state index contributed by atoms with van der Waals surface area (Å²) in [4.78, 5) is 4.85. The fourth-order valence-corrected chi connectivity index (χ4v) is 3.03. The van der Waals surface area contributed by atoms with Crippen LogP contribution in [-0.2, 0) is 13.1 Å². The van der Waals surface area contributed by atoms with Gasteiger partial charge < -0.3 is 14.6 Å². The number of nitrogens with one attached hydrogen (secondary N) is 1. The van der Waals surface area contributed by atoms with Gasteiger partial charge in [0.05, 0.1) is 13.1 Å². The second-order valence-corrected chi connectivity index (χ2v) is 6.50. The molecule has 112 valence electrons. The van der Waals surface area contributed by atoms with E-state index in [4.69, 9.17) is 4.42 Å². The molecule has 1 atom stereocenters. The van der Waals surface area contributed by atoms with Gasteiger partial charge in [-0.1, -0.05) is 0 Å². The van der Waals surface area contributed by atoms with Crippen molar-refractivity contribution in [2.75, 3.05) is 27.2 Å². The third-order valence-corrected chi connectivity index (χ3v) is 4.48. The van der Waals surface area contributed by atoms with Crippen molar-refractivity contribution in [1.82, 2.24) is 15.1 Å². The van der Waals surface area contributed by atoms with Crippen LogP contribution in [0.25, 0.3) is 0 Å². The summed E-state index contributed by atoms with van der Waals surface area (Å²) in [6.45, 7) is 4.16. The molecule has 0 aromatic carbocycles. The Morgan fingerprint density at radius 3 is 2.80 bits per heavy atom. The predicted octanol–water partition coefficient (Wildman–Crippen LogP) is 2.06. The monoisotopic (exact) mass is 277 g/mol. The Bertz CT molecular complexity index is 427. The fourth-order valence-electron chi connectivity index (χ4n) is 3.03. The Morgan fingerprint density at radius 1 is 1.30 bits per heavy atom. The van der Waals surface area contributed by atoms with Crippen molar-refractivity contribution >= 4 is 0 Å². The maximum absolute atomic E-state index is 5.91. The maximum atomic E-state index is 5.91. The smallest absolute Gasteiger partial charge is 0.118 e. The molecule has 1 aliphatic heterocycles. The van der Waals surface area contributed by atoms with E-state index in [2.05, 4.69) is 41.3 Å². The molecule has 1 unspecified atom stereocenters. The highest BCUT2D eigenvalue weighted by Crippen LogP contribution is 2.20. The van der Waals surface area contributed by atoms with Crippen molar-refractivity contribution in [3.63, 3.8) is 0 Å². The van der Waals surface area contributed by atoms with Crippen LogP contribution in [0.2, 0.25) is 0 Å². The zero-order valence-corrected chi connectivity index (χ0v) is 12.8. The Balaban J connectivity index is 1.44. The van der Waals surface area contributed by atoms with Crippen LogP contribution in [0.4, 0.5) is 0 Å². The van der Waals surface area contributed by atoms with E-state index in [0.29, 0.717) is 6.04 Å². The highest BCUT2D eigenvalue weighted by atomic mass is 16.3. The molecule has 2 heterocycles. The Morgan fingerprint density at radius 2 is 2.10 bits per heavy atom. The molecular formula is C16H27N3O. The maximum Gasteiger partial charge on any atom is 0.118 e. The SMILES string of the molecule is CN(Cc1ccc(CNC2CC2)o1)CC1CCCN1C. The van der Waals surface area contributed by atoms with Crippen LogP contribution in [-0.4, -0.2) is 49.1 Å². The first-order valence-electron chi connectivity index (χ1n) is 7.90. The van der Waals surface area contributed by atoms with Crippen LogP contribution in [0.1, 0.15) is 37.2 Å². The summed E-state index contributed by atoms with van der Waals surface area (Å²) in [6.07, 6.45) is 5.32. The largest absolute Gasteiger partial charge is 0.463 e. The first kappa shape index (κ1) is 14.1. The average molecular weight is 277 g/mol. The molecule has 1 aliphatic carbocycles. The van der Waals surface area contributed by atoms with Gasteiger partial charge in [-0.3, -0.25) is 4.90 Å². The molecule has 0 amide bonds. The van der Waals surface area contributed by atoms with Gasteiger partial charge in [-0.05, 0) is 58.5 Å². The molecule has 1 N–H and O–H groups in total. The molecule has 4 heteroatoms. The van der Waals surface area contributed by atoms with Gasteiger partial charge in [-0.15, -0.1) is 0 Å². The number of rotatable bonds is 7. The number of likely N-dealkylation sites (N-methyl/N-ethyl adjacent to an activating group) is 2. The zero-order valence-electron chi connectivity index (χ0n) is 12.8. The van der Waals surface area contributed by atoms with Crippen LogP contribution < -0.4 is 5.32 Å². The van der Waals surface area contributed by atoms with E-state index in [-0.39, 0.29) is 0 Å². The molecule has 2 fully saturated rings. The Labute approximate surface area is 122 Å². The van der Waals surface area contributed by atoms with Crippen LogP contribution >= 0.6 is 0 Å². The van der Waals surface area contributed by atoms with Crippen molar-refractivity contribution in [2.45, 2.75) is 50.9 Å². The van der Waals surface area contributed by atoms with Crippen molar-refractivity contribution < 1.29 is 4.42 Å². The third kappa shape index (κ3) is 3.84. The van der Waals surface area contributed by atoms with Crippen molar-refractivity contribution in [2.24, 2.45) is 0 Å². The lowest BCUT2D eigenvalue weighted by Crippen LogP contribution is -2.36. The average Bonchev–Trinajstić information content (AvgIpc) is 3.02. The first-order valence-corrected chi connectivity index (χ1v) is 7.90. The van der Waals surface area contributed by atoms with Crippen LogP contribution in [0.15, 0.2) is 16.5 Å². The molecule has 1 aromatic heterocycles.